The molecule has 0 aromatic heterocycles. The predicted octanol–water partition coefficient (Wildman–Crippen LogP) is 1.27. The van der Waals surface area contributed by atoms with Crippen LogP contribution in [0.4, 0.5) is 0 Å². The zero-order valence-corrected chi connectivity index (χ0v) is 6.72. The molecule has 48 valence electrons. The van der Waals surface area contributed by atoms with Crippen LogP contribution >= 0.6 is 22.6 Å². The van der Waals surface area contributed by atoms with Crippen LogP contribution in [0.2, 0.25) is 0 Å². The fraction of sp³-hybridized carbons (Fsp3) is 1.00. The summed E-state index contributed by atoms with van der Waals surface area (Å²) in [6, 6.07) is 0. The molecule has 0 aromatic rings. The van der Waals surface area contributed by atoms with Crippen LogP contribution in [0, 0.1) is 0 Å². The first-order valence-electron chi connectivity index (χ1n) is 2.76. The monoisotopic (exact) mass is 228 g/mol. The van der Waals surface area contributed by atoms with Crippen LogP contribution in [0.3, 0.4) is 0 Å². The first-order chi connectivity index (χ1) is 3.71. The average molecular weight is 228 g/mol. The number of halogens is 1. The lowest BCUT2D eigenvalue weighted by Gasteiger charge is -2.25. The summed E-state index contributed by atoms with van der Waals surface area (Å²) < 4.78 is 4.16. The van der Waals surface area contributed by atoms with Gasteiger partial charge in [-0.15, -0.1) is 0 Å². The maximum atomic E-state index is 9.14. The first kappa shape index (κ1) is 6.77. The van der Waals surface area contributed by atoms with E-state index in [2.05, 4.69) is 0 Å². The molecule has 0 amide bonds. The van der Waals surface area contributed by atoms with Crippen LogP contribution in [0.1, 0.15) is 19.3 Å². The smallest absolute Gasteiger partial charge is 0.218 e. The van der Waals surface area contributed by atoms with Crippen molar-refractivity contribution >= 4 is 22.6 Å². The van der Waals surface area contributed by atoms with Gasteiger partial charge < -0.3 is 9.84 Å². The summed E-state index contributed by atoms with van der Waals surface area (Å²) in [5.41, 5.74) is 0. The second-order valence-corrected chi connectivity index (χ2v) is 3.68. The highest BCUT2D eigenvalue weighted by Gasteiger charge is 2.25. The molecule has 1 aliphatic rings. The number of hydrogen-bond donors (Lipinski definition) is 1. The summed E-state index contributed by atoms with van der Waals surface area (Å²) in [4.78, 5) is 0. The van der Waals surface area contributed by atoms with E-state index < -0.39 is 3.79 Å². The van der Waals surface area contributed by atoms with Gasteiger partial charge in [0, 0.05) is 6.42 Å². The Morgan fingerprint density at radius 2 is 2.25 bits per heavy atom. The third-order valence-electron chi connectivity index (χ3n) is 1.20. The Kier molecular flexibility index (Phi) is 2.11. The highest BCUT2D eigenvalue weighted by molar-refractivity contribution is 14.1. The van der Waals surface area contributed by atoms with Gasteiger partial charge in [0.15, 0.2) is 0 Å². The van der Waals surface area contributed by atoms with Crippen molar-refractivity contribution in [3.8, 4) is 0 Å². The minimum atomic E-state index is -0.851. The van der Waals surface area contributed by atoms with Crippen molar-refractivity contribution in [3.63, 3.8) is 0 Å². The van der Waals surface area contributed by atoms with Gasteiger partial charge in [-0.1, -0.05) is 0 Å². The van der Waals surface area contributed by atoms with E-state index in [1.807, 2.05) is 22.6 Å². The molecule has 1 N–H and O–H groups in total. The minimum absolute atomic E-state index is 0.708. The molecule has 1 saturated heterocycles. The molecular weight excluding hydrogens is 219 g/mol. The zero-order valence-electron chi connectivity index (χ0n) is 4.56. The van der Waals surface area contributed by atoms with Crippen LogP contribution in [0.15, 0.2) is 0 Å². The molecule has 0 spiro atoms. The van der Waals surface area contributed by atoms with E-state index in [0.29, 0.717) is 6.61 Å². The van der Waals surface area contributed by atoms with Gasteiger partial charge in [-0.2, -0.15) is 0 Å². The van der Waals surface area contributed by atoms with Crippen LogP contribution in [-0.4, -0.2) is 15.5 Å². The Balaban J connectivity index is 2.33. The summed E-state index contributed by atoms with van der Waals surface area (Å²) in [5, 5.41) is 9.14. The number of rotatable bonds is 0. The lowest BCUT2D eigenvalue weighted by Crippen LogP contribution is -2.28. The van der Waals surface area contributed by atoms with Gasteiger partial charge in [-0.3, -0.25) is 0 Å². The summed E-state index contributed by atoms with van der Waals surface area (Å²) in [7, 11) is 0. The van der Waals surface area contributed by atoms with Crippen LogP contribution in [0.25, 0.3) is 0 Å². The topological polar surface area (TPSA) is 29.5 Å². The maximum absolute atomic E-state index is 9.14. The van der Waals surface area contributed by atoms with Crippen LogP contribution < -0.4 is 0 Å². The van der Waals surface area contributed by atoms with E-state index in [0.717, 1.165) is 19.3 Å². The Morgan fingerprint density at radius 3 is 2.50 bits per heavy atom. The molecule has 3 heteroatoms. The molecule has 0 bridgehead atoms. The number of ether oxygens (including phenoxy) is 1. The Labute approximate surface area is 62.4 Å². The van der Waals surface area contributed by atoms with Gasteiger partial charge in [0.1, 0.15) is 0 Å². The van der Waals surface area contributed by atoms with Crippen molar-refractivity contribution in [2.45, 2.75) is 23.1 Å². The lowest BCUT2D eigenvalue weighted by atomic mass is 10.2. The zero-order chi connectivity index (χ0) is 6.04. The van der Waals surface area contributed by atoms with E-state index in [9.17, 15) is 0 Å². The molecule has 0 saturated carbocycles. The molecule has 0 aliphatic carbocycles. The molecular formula is C5H9IO2. The number of hydrogen-bond acceptors (Lipinski definition) is 2. The quantitative estimate of drug-likeness (QED) is 0.499. The predicted molar refractivity (Wildman–Crippen MR) is 38.8 cm³/mol. The van der Waals surface area contributed by atoms with Crippen molar-refractivity contribution in [2.75, 3.05) is 6.61 Å². The molecule has 1 rings (SSSR count). The van der Waals surface area contributed by atoms with E-state index in [1.54, 1.807) is 0 Å². The average Bonchev–Trinajstić information content (AvgIpc) is 1.65. The lowest BCUT2D eigenvalue weighted by molar-refractivity contribution is -0.138. The SMILES string of the molecule is OC1(I)CCCCO1. The second kappa shape index (κ2) is 2.49. The molecule has 1 aliphatic heterocycles. The summed E-state index contributed by atoms with van der Waals surface area (Å²) in [6.45, 7) is 0.708. The standard InChI is InChI=1S/C5H9IO2/c6-5(7)3-1-2-4-8-5/h7H,1-4H2. The summed E-state index contributed by atoms with van der Waals surface area (Å²) >= 11 is 1.92. The van der Waals surface area contributed by atoms with Gasteiger partial charge in [-0.05, 0) is 35.4 Å². The van der Waals surface area contributed by atoms with Crippen molar-refractivity contribution in [2.24, 2.45) is 0 Å². The van der Waals surface area contributed by atoms with Crippen molar-refractivity contribution < 1.29 is 9.84 Å². The molecule has 1 heterocycles. The second-order valence-electron chi connectivity index (χ2n) is 1.99. The van der Waals surface area contributed by atoms with Gasteiger partial charge in [0.05, 0.1) is 6.61 Å². The van der Waals surface area contributed by atoms with E-state index in [-0.39, 0.29) is 0 Å². The van der Waals surface area contributed by atoms with Crippen molar-refractivity contribution in [1.82, 2.24) is 0 Å². The number of alkyl halides is 1. The van der Waals surface area contributed by atoms with Gasteiger partial charge >= 0.3 is 0 Å². The van der Waals surface area contributed by atoms with E-state index in [4.69, 9.17) is 9.84 Å². The molecule has 2 nitrogen and oxygen atoms in total. The minimum Gasteiger partial charge on any atom is -0.358 e. The Hall–Kier alpha value is 0.650. The highest BCUT2D eigenvalue weighted by Crippen LogP contribution is 2.27. The molecule has 8 heavy (non-hydrogen) atoms. The molecule has 1 atom stereocenters. The van der Waals surface area contributed by atoms with Crippen molar-refractivity contribution in [3.05, 3.63) is 0 Å². The molecule has 1 fully saturated rings. The number of aliphatic hydroxyl groups is 1. The largest absolute Gasteiger partial charge is 0.358 e. The molecule has 0 aromatic carbocycles. The van der Waals surface area contributed by atoms with Crippen LogP contribution in [-0.2, 0) is 4.74 Å². The molecule has 1 unspecified atom stereocenters. The third-order valence-corrected chi connectivity index (χ3v) is 2.05. The van der Waals surface area contributed by atoms with Gasteiger partial charge in [-0.25, -0.2) is 0 Å². The summed E-state index contributed by atoms with van der Waals surface area (Å²) in [6.07, 6.45) is 2.94. The Morgan fingerprint density at radius 1 is 1.50 bits per heavy atom. The normalized spacial score (nSPS) is 39.8. The third kappa shape index (κ3) is 1.87. The maximum Gasteiger partial charge on any atom is 0.218 e. The van der Waals surface area contributed by atoms with E-state index in [1.165, 1.54) is 0 Å². The van der Waals surface area contributed by atoms with E-state index >= 15 is 0 Å². The first-order valence-corrected chi connectivity index (χ1v) is 3.84. The molecule has 0 radical (unpaired) electrons. The fourth-order valence-electron chi connectivity index (χ4n) is 0.746. The fourth-order valence-corrected chi connectivity index (χ4v) is 1.35. The Bertz CT molecular complexity index is 74.5. The van der Waals surface area contributed by atoms with Gasteiger partial charge in [0.2, 0.25) is 3.79 Å². The summed E-state index contributed by atoms with van der Waals surface area (Å²) in [5.74, 6) is 0. The van der Waals surface area contributed by atoms with Crippen LogP contribution in [0.5, 0.6) is 0 Å². The van der Waals surface area contributed by atoms with Gasteiger partial charge in [0.25, 0.3) is 0 Å². The highest BCUT2D eigenvalue weighted by atomic mass is 127. The van der Waals surface area contributed by atoms with Crippen molar-refractivity contribution in [1.29, 1.82) is 0 Å².